The van der Waals surface area contributed by atoms with E-state index in [0.29, 0.717) is 6.04 Å². The number of hydrogen-bond acceptors (Lipinski definition) is 2. The normalized spacial score (nSPS) is 37.1. The van der Waals surface area contributed by atoms with Crippen LogP contribution in [0.25, 0.3) is 0 Å². The average molecular weight is 210 g/mol. The molecule has 1 amide bonds. The molecular weight excluding hydrogens is 188 g/mol. The lowest BCUT2D eigenvalue weighted by atomic mass is 9.80. The van der Waals surface area contributed by atoms with Crippen LogP contribution in [0, 0.1) is 5.92 Å². The van der Waals surface area contributed by atoms with Gasteiger partial charge >= 0.3 is 0 Å². The lowest BCUT2D eigenvalue weighted by Crippen LogP contribution is -2.53. The van der Waals surface area contributed by atoms with Crippen LogP contribution in [0.4, 0.5) is 0 Å². The van der Waals surface area contributed by atoms with Gasteiger partial charge in [0, 0.05) is 25.6 Å². The summed E-state index contributed by atoms with van der Waals surface area (Å²) in [6, 6.07) is 1.20. The Bertz CT molecular complexity index is 236. The second kappa shape index (κ2) is 4.52. The molecule has 3 heteroatoms. The molecule has 1 heterocycles. The van der Waals surface area contributed by atoms with Crippen molar-refractivity contribution in [3.05, 3.63) is 0 Å². The van der Waals surface area contributed by atoms with Gasteiger partial charge in [0.05, 0.1) is 0 Å². The van der Waals surface area contributed by atoms with Crippen molar-refractivity contribution in [2.45, 2.75) is 51.6 Å². The van der Waals surface area contributed by atoms with E-state index in [1.807, 2.05) is 0 Å². The molecule has 1 aliphatic heterocycles. The summed E-state index contributed by atoms with van der Waals surface area (Å²) in [6.45, 7) is 6.24. The molecule has 1 saturated carbocycles. The molecule has 2 fully saturated rings. The Kier molecular flexibility index (Phi) is 3.29. The van der Waals surface area contributed by atoms with Crippen molar-refractivity contribution in [3.63, 3.8) is 0 Å². The van der Waals surface area contributed by atoms with E-state index in [9.17, 15) is 4.79 Å². The van der Waals surface area contributed by atoms with Crippen LogP contribution in [-0.2, 0) is 4.79 Å². The van der Waals surface area contributed by atoms with Crippen LogP contribution < -0.4 is 5.32 Å². The van der Waals surface area contributed by atoms with Gasteiger partial charge in [-0.15, -0.1) is 0 Å². The molecule has 2 aliphatic rings. The zero-order valence-corrected chi connectivity index (χ0v) is 9.83. The Balaban J connectivity index is 1.79. The summed E-state index contributed by atoms with van der Waals surface area (Å²) < 4.78 is 0. The SMILES string of the molecule is CC(=O)NC1CCCN(C2CC(C)C2)C1. The minimum Gasteiger partial charge on any atom is -0.352 e. The van der Waals surface area contributed by atoms with Crippen molar-refractivity contribution in [2.24, 2.45) is 5.92 Å². The molecule has 1 atom stereocenters. The first kappa shape index (κ1) is 10.9. The number of carbonyl (C=O) groups excluding carboxylic acids is 1. The Hall–Kier alpha value is -0.570. The van der Waals surface area contributed by atoms with Gasteiger partial charge in [0.1, 0.15) is 0 Å². The van der Waals surface area contributed by atoms with E-state index in [2.05, 4.69) is 17.1 Å². The quantitative estimate of drug-likeness (QED) is 0.747. The Morgan fingerprint density at radius 3 is 2.73 bits per heavy atom. The Labute approximate surface area is 92.2 Å². The van der Waals surface area contributed by atoms with Gasteiger partial charge in [-0.05, 0) is 38.1 Å². The molecule has 0 bridgehead atoms. The highest BCUT2D eigenvalue weighted by atomic mass is 16.1. The molecule has 1 saturated heterocycles. The predicted molar refractivity (Wildman–Crippen MR) is 60.6 cm³/mol. The van der Waals surface area contributed by atoms with Crippen molar-refractivity contribution >= 4 is 5.91 Å². The monoisotopic (exact) mass is 210 g/mol. The number of amides is 1. The minimum atomic E-state index is 0.115. The van der Waals surface area contributed by atoms with Crippen LogP contribution in [-0.4, -0.2) is 36.0 Å². The first-order valence-corrected chi connectivity index (χ1v) is 6.16. The van der Waals surface area contributed by atoms with Crippen molar-refractivity contribution in [2.75, 3.05) is 13.1 Å². The van der Waals surface area contributed by atoms with Crippen LogP contribution in [0.5, 0.6) is 0 Å². The smallest absolute Gasteiger partial charge is 0.217 e. The summed E-state index contributed by atoms with van der Waals surface area (Å²) in [7, 11) is 0. The van der Waals surface area contributed by atoms with Crippen molar-refractivity contribution in [1.29, 1.82) is 0 Å². The fraction of sp³-hybridized carbons (Fsp3) is 0.917. The lowest BCUT2D eigenvalue weighted by Gasteiger charge is -2.45. The van der Waals surface area contributed by atoms with Crippen LogP contribution in [0.2, 0.25) is 0 Å². The first-order valence-electron chi connectivity index (χ1n) is 6.16. The fourth-order valence-electron chi connectivity index (χ4n) is 2.90. The van der Waals surface area contributed by atoms with E-state index < -0.39 is 0 Å². The topological polar surface area (TPSA) is 32.3 Å². The molecule has 86 valence electrons. The molecular formula is C12H22N2O. The van der Waals surface area contributed by atoms with Gasteiger partial charge in [-0.25, -0.2) is 0 Å². The Morgan fingerprint density at radius 1 is 1.40 bits per heavy atom. The average Bonchev–Trinajstić information content (AvgIpc) is 2.12. The van der Waals surface area contributed by atoms with Gasteiger partial charge in [-0.1, -0.05) is 6.92 Å². The third-order valence-corrected chi connectivity index (χ3v) is 3.73. The number of piperidine rings is 1. The maximum absolute atomic E-state index is 11.0. The van der Waals surface area contributed by atoms with Crippen LogP contribution in [0.1, 0.15) is 39.5 Å². The van der Waals surface area contributed by atoms with E-state index in [1.165, 1.54) is 25.8 Å². The summed E-state index contributed by atoms with van der Waals surface area (Å²) in [6.07, 6.45) is 5.09. The highest BCUT2D eigenvalue weighted by Gasteiger charge is 2.33. The second-order valence-electron chi connectivity index (χ2n) is 5.27. The summed E-state index contributed by atoms with van der Waals surface area (Å²) in [5.74, 6) is 1.03. The van der Waals surface area contributed by atoms with Crippen molar-refractivity contribution in [3.8, 4) is 0 Å². The number of nitrogens with zero attached hydrogens (tertiary/aromatic N) is 1. The highest BCUT2D eigenvalue weighted by Crippen LogP contribution is 2.32. The molecule has 0 radical (unpaired) electrons. The van der Waals surface area contributed by atoms with E-state index in [-0.39, 0.29) is 5.91 Å². The minimum absolute atomic E-state index is 0.115. The molecule has 15 heavy (non-hydrogen) atoms. The van der Waals surface area contributed by atoms with Crippen molar-refractivity contribution < 1.29 is 4.79 Å². The molecule has 3 nitrogen and oxygen atoms in total. The maximum atomic E-state index is 11.0. The molecule has 1 unspecified atom stereocenters. The summed E-state index contributed by atoms with van der Waals surface area (Å²) >= 11 is 0. The lowest BCUT2D eigenvalue weighted by molar-refractivity contribution is -0.120. The highest BCUT2D eigenvalue weighted by molar-refractivity contribution is 5.73. The Morgan fingerprint density at radius 2 is 2.13 bits per heavy atom. The molecule has 0 aromatic carbocycles. The number of hydrogen-bond donors (Lipinski definition) is 1. The van der Waals surface area contributed by atoms with E-state index in [4.69, 9.17) is 0 Å². The van der Waals surface area contributed by atoms with Crippen LogP contribution >= 0.6 is 0 Å². The predicted octanol–water partition coefficient (Wildman–Crippen LogP) is 1.39. The summed E-state index contributed by atoms with van der Waals surface area (Å²) in [4.78, 5) is 13.6. The molecule has 1 N–H and O–H groups in total. The van der Waals surface area contributed by atoms with Gasteiger partial charge in [-0.2, -0.15) is 0 Å². The number of carbonyl (C=O) groups is 1. The molecule has 1 aliphatic carbocycles. The van der Waals surface area contributed by atoms with Crippen LogP contribution in [0.3, 0.4) is 0 Å². The maximum Gasteiger partial charge on any atom is 0.217 e. The summed E-state index contributed by atoms with van der Waals surface area (Å²) in [5.41, 5.74) is 0. The number of likely N-dealkylation sites (tertiary alicyclic amines) is 1. The first-order chi connectivity index (χ1) is 7.15. The van der Waals surface area contributed by atoms with E-state index >= 15 is 0 Å². The van der Waals surface area contributed by atoms with E-state index in [0.717, 1.165) is 24.9 Å². The van der Waals surface area contributed by atoms with Gasteiger partial charge in [0.25, 0.3) is 0 Å². The van der Waals surface area contributed by atoms with Gasteiger partial charge in [0.15, 0.2) is 0 Å². The zero-order valence-electron chi connectivity index (χ0n) is 9.83. The van der Waals surface area contributed by atoms with Gasteiger partial charge in [-0.3, -0.25) is 9.69 Å². The molecule has 0 spiro atoms. The second-order valence-corrected chi connectivity index (χ2v) is 5.27. The number of nitrogens with one attached hydrogen (secondary N) is 1. The molecule has 0 aromatic rings. The molecule has 0 aromatic heterocycles. The molecule has 2 rings (SSSR count). The van der Waals surface area contributed by atoms with Gasteiger partial charge in [0.2, 0.25) is 5.91 Å². The third kappa shape index (κ3) is 2.71. The largest absolute Gasteiger partial charge is 0.352 e. The van der Waals surface area contributed by atoms with Crippen molar-refractivity contribution in [1.82, 2.24) is 10.2 Å². The third-order valence-electron chi connectivity index (χ3n) is 3.73. The van der Waals surface area contributed by atoms with E-state index in [1.54, 1.807) is 6.92 Å². The summed E-state index contributed by atoms with van der Waals surface area (Å²) in [5, 5.41) is 3.05. The van der Waals surface area contributed by atoms with Crippen LogP contribution in [0.15, 0.2) is 0 Å². The fourth-order valence-corrected chi connectivity index (χ4v) is 2.90. The zero-order chi connectivity index (χ0) is 10.8. The standard InChI is InChI=1S/C12H22N2O/c1-9-6-12(7-9)14-5-3-4-11(8-14)13-10(2)15/h9,11-12H,3-8H2,1-2H3,(H,13,15). The van der Waals surface area contributed by atoms with Gasteiger partial charge < -0.3 is 5.32 Å². The number of rotatable bonds is 2.